The van der Waals surface area contributed by atoms with Crippen LogP contribution in [0.15, 0.2) is 110 Å². The van der Waals surface area contributed by atoms with Gasteiger partial charge in [-0.25, -0.2) is 0 Å². The van der Waals surface area contributed by atoms with Gasteiger partial charge in [0.15, 0.2) is 0 Å². The molecule has 0 spiro atoms. The number of ether oxygens (including phenoxy) is 2. The fraction of sp³-hybridized carbons (Fsp3) is 0.267. The second kappa shape index (κ2) is 12.3. The summed E-state index contributed by atoms with van der Waals surface area (Å²) in [6, 6.07) is 31.3. The van der Waals surface area contributed by atoms with E-state index in [4.69, 9.17) is 9.47 Å². The zero-order valence-electron chi connectivity index (χ0n) is 19.1. The van der Waals surface area contributed by atoms with Crippen molar-refractivity contribution in [2.45, 2.75) is 37.9 Å². The first-order valence-corrected chi connectivity index (χ1v) is 11.7. The van der Waals surface area contributed by atoms with Gasteiger partial charge in [0.1, 0.15) is 6.10 Å². The van der Waals surface area contributed by atoms with E-state index in [-0.39, 0.29) is 18.2 Å². The summed E-state index contributed by atoms with van der Waals surface area (Å²) in [5, 5.41) is 0. The molecule has 0 unspecified atom stereocenters. The molecule has 3 aromatic rings. The summed E-state index contributed by atoms with van der Waals surface area (Å²) in [6.07, 6.45) is 7.33. The molecule has 33 heavy (non-hydrogen) atoms. The van der Waals surface area contributed by atoms with Gasteiger partial charge < -0.3 is 9.47 Å². The average Bonchev–Trinajstić information content (AvgIpc) is 3.21. The topological polar surface area (TPSA) is 21.7 Å². The second-order valence-corrected chi connectivity index (χ2v) is 8.43. The maximum Gasteiger partial charge on any atom is 0.104 e. The van der Waals surface area contributed by atoms with Crippen LogP contribution in [0.3, 0.4) is 0 Å². The number of nitrogens with zero attached hydrogens (tertiary/aromatic N) is 1. The SMILES string of the molecule is C=CCCN1C[C@@H](OCc2ccccc2)[C@H](OCc2ccccc2)[C@H]1/C=C\c1ccccc1. The molecular formula is C30H33NO2. The van der Waals surface area contributed by atoms with Crippen molar-refractivity contribution in [1.29, 1.82) is 0 Å². The van der Waals surface area contributed by atoms with E-state index < -0.39 is 0 Å². The van der Waals surface area contributed by atoms with Gasteiger partial charge in [0.2, 0.25) is 0 Å². The second-order valence-electron chi connectivity index (χ2n) is 8.43. The molecule has 0 N–H and O–H groups in total. The molecule has 3 aromatic carbocycles. The lowest BCUT2D eigenvalue weighted by Crippen LogP contribution is -2.37. The minimum Gasteiger partial charge on any atom is -0.369 e. The van der Waals surface area contributed by atoms with E-state index in [1.165, 1.54) is 16.7 Å². The van der Waals surface area contributed by atoms with Crippen molar-refractivity contribution in [1.82, 2.24) is 4.90 Å². The standard InChI is InChI=1S/C30H33NO2/c1-2-3-21-31-22-29(32-23-26-15-9-5-10-16-26)30(33-24-27-17-11-6-12-18-27)28(31)20-19-25-13-7-4-8-14-25/h2,4-20,28-30H,1,3,21-24H2/b20-19-/t28-,29-,30-/m1/s1. The summed E-state index contributed by atoms with van der Waals surface area (Å²) in [6.45, 7) is 6.85. The third-order valence-electron chi connectivity index (χ3n) is 6.04. The number of hydrogen-bond donors (Lipinski definition) is 0. The van der Waals surface area contributed by atoms with Gasteiger partial charge in [-0.05, 0) is 23.1 Å². The summed E-state index contributed by atoms with van der Waals surface area (Å²) in [5.74, 6) is 0. The van der Waals surface area contributed by atoms with E-state index in [0.29, 0.717) is 13.2 Å². The molecule has 0 bridgehead atoms. The molecule has 0 saturated carbocycles. The Kier molecular flexibility index (Phi) is 8.65. The Morgan fingerprint density at radius 1 is 0.788 bits per heavy atom. The molecule has 0 radical (unpaired) electrons. The smallest absolute Gasteiger partial charge is 0.104 e. The van der Waals surface area contributed by atoms with Crippen molar-refractivity contribution >= 4 is 6.08 Å². The van der Waals surface area contributed by atoms with Crippen LogP contribution in [0.5, 0.6) is 0 Å². The molecule has 1 aliphatic heterocycles. The molecule has 3 atom stereocenters. The van der Waals surface area contributed by atoms with Crippen molar-refractivity contribution < 1.29 is 9.47 Å². The highest BCUT2D eigenvalue weighted by atomic mass is 16.5. The van der Waals surface area contributed by atoms with Crippen LogP contribution in [0.25, 0.3) is 6.08 Å². The molecule has 1 heterocycles. The van der Waals surface area contributed by atoms with Gasteiger partial charge in [0.25, 0.3) is 0 Å². The van der Waals surface area contributed by atoms with E-state index >= 15 is 0 Å². The monoisotopic (exact) mass is 439 g/mol. The lowest BCUT2D eigenvalue weighted by molar-refractivity contribution is -0.0659. The van der Waals surface area contributed by atoms with Crippen LogP contribution in [0.4, 0.5) is 0 Å². The lowest BCUT2D eigenvalue weighted by atomic mass is 10.1. The third kappa shape index (κ3) is 6.75. The zero-order chi connectivity index (χ0) is 22.7. The van der Waals surface area contributed by atoms with Crippen molar-refractivity contribution in [2.75, 3.05) is 13.1 Å². The van der Waals surface area contributed by atoms with Crippen LogP contribution in [0, 0.1) is 0 Å². The Hall–Kier alpha value is -2.98. The minimum atomic E-state index is -0.0568. The molecule has 0 aromatic heterocycles. The third-order valence-corrected chi connectivity index (χ3v) is 6.04. The largest absolute Gasteiger partial charge is 0.369 e. The molecule has 1 aliphatic rings. The van der Waals surface area contributed by atoms with E-state index in [1.807, 2.05) is 24.3 Å². The molecule has 1 saturated heterocycles. The highest BCUT2D eigenvalue weighted by molar-refractivity contribution is 5.50. The maximum absolute atomic E-state index is 6.56. The first kappa shape index (κ1) is 23.2. The fourth-order valence-corrected chi connectivity index (χ4v) is 4.28. The molecule has 0 amide bonds. The molecule has 170 valence electrons. The normalized spacial score (nSPS) is 20.9. The van der Waals surface area contributed by atoms with E-state index in [9.17, 15) is 0 Å². The fourth-order valence-electron chi connectivity index (χ4n) is 4.28. The van der Waals surface area contributed by atoms with Gasteiger partial charge in [0, 0.05) is 13.1 Å². The Morgan fingerprint density at radius 2 is 1.36 bits per heavy atom. The van der Waals surface area contributed by atoms with E-state index in [0.717, 1.165) is 19.5 Å². The molecule has 1 fully saturated rings. The van der Waals surface area contributed by atoms with Gasteiger partial charge in [-0.15, -0.1) is 6.58 Å². The summed E-state index contributed by atoms with van der Waals surface area (Å²) in [5.41, 5.74) is 3.55. The van der Waals surface area contributed by atoms with Crippen molar-refractivity contribution in [3.05, 3.63) is 126 Å². The van der Waals surface area contributed by atoms with Crippen molar-refractivity contribution in [3.63, 3.8) is 0 Å². The predicted molar refractivity (Wildman–Crippen MR) is 136 cm³/mol. The van der Waals surface area contributed by atoms with Crippen molar-refractivity contribution in [3.8, 4) is 0 Å². The van der Waals surface area contributed by atoms with Crippen LogP contribution in [-0.4, -0.2) is 36.2 Å². The van der Waals surface area contributed by atoms with Crippen LogP contribution in [0.2, 0.25) is 0 Å². The van der Waals surface area contributed by atoms with Crippen LogP contribution >= 0.6 is 0 Å². The van der Waals surface area contributed by atoms with Gasteiger partial charge in [0.05, 0.1) is 25.4 Å². The molecule has 3 heteroatoms. The highest BCUT2D eigenvalue weighted by Gasteiger charge is 2.41. The molecule has 0 aliphatic carbocycles. The molecule has 4 rings (SSSR count). The molecule has 3 nitrogen and oxygen atoms in total. The molecular weight excluding hydrogens is 406 g/mol. The van der Waals surface area contributed by atoms with Crippen LogP contribution < -0.4 is 0 Å². The number of benzene rings is 3. The number of hydrogen-bond acceptors (Lipinski definition) is 3. The summed E-state index contributed by atoms with van der Waals surface area (Å²) < 4.78 is 13.0. The first-order valence-electron chi connectivity index (χ1n) is 11.7. The van der Waals surface area contributed by atoms with Crippen molar-refractivity contribution in [2.24, 2.45) is 0 Å². The minimum absolute atomic E-state index is 0.0100. The summed E-state index contributed by atoms with van der Waals surface area (Å²) >= 11 is 0. The number of rotatable bonds is 11. The zero-order valence-corrected chi connectivity index (χ0v) is 19.1. The van der Waals surface area contributed by atoms with E-state index in [2.05, 4.69) is 96.4 Å². The summed E-state index contributed by atoms with van der Waals surface area (Å²) in [4.78, 5) is 2.46. The lowest BCUT2D eigenvalue weighted by Gasteiger charge is -2.26. The van der Waals surface area contributed by atoms with Gasteiger partial charge in [-0.1, -0.05) is 109 Å². The Bertz CT molecular complexity index is 988. The Morgan fingerprint density at radius 3 is 1.97 bits per heavy atom. The van der Waals surface area contributed by atoms with Gasteiger partial charge in [-0.3, -0.25) is 4.90 Å². The van der Waals surface area contributed by atoms with Gasteiger partial charge in [-0.2, -0.15) is 0 Å². The van der Waals surface area contributed by atoms with Gasteiger partial charge >= 0.3 is 0 Å². The van der Waals surface area contributed by atoms with Crippen LogP contribution in [-0.2, 0) is 22.7 Å². The Balaban J connectivity index is 1.54. The maximum atomic E-state index is 6.56. The summed E-state index contributed by atoms with van der Waals surface area (Å²) in [7, 11) is 0. The predicted octanol–water partition coefficient (Wildman–Crippen LogP) is 6.13. The highest BCUT2D eigenvalue weighted by Crippen LogP contribution is 2.28. The first-order chi connectivity index (χ1) is 16.3. The quantitative estimate of drug-likeness (QED) is 0.335. The van der Waals surface area contributed by atoms with E-state index in [1.54, 1.807) is 0 Å². The Labute approximate surface area is 198 Å². The average molecular weight is 440 g/mol. The van der Waals surface area contributed by atoms with Crippen LogP contribution in [0.1, 0.15) is 23.1 Å². The number of likely N-dealkylation sites (tertiary alicyclic amines) is 1.